The molecule has 0 atom stereocenters. The normalized spacial score (nSPS) is 10.1. The van der Waals surface area contributed by atoms with E-state index in [4.69, 9.17) is 16.3 Å². The summed E-state index contributed by atoms with van der Waals surface area (Å²) < 4.78 is 5.07. The van der Waals surface area contributed by atoms with Gasteiger partial charge in [0.2, 0.25) is 0 Å². The molecule has 0 radical (unpaired) electrons. The fraction of sp³-hybridized carbons (Fsp3) is 0.400. The molecule has 3 heteroatoms. The third-order valence-corrected chi connectivity index (χ3v) is 2.13. The zero-order chi connectivity index (χ0) is 9.68. The third-order valence-electron chi connectivity index (χ3n) is 1.77. The molecule has 2 nitrogen and oxygen atoms in total. The predicted octanol–water partition coefficient (Wildman–Crippen LogP) is 2.92. The van der Waals surface area contributed by atoms with Crippen LogP contribution < -0.4 is 5.32 Å². The number of benzene rings is 1. The summed E-state index contributed by atoms with van der Waals surface area (Å²) in [6.07, 6.45) is 0. The SMILES string of the molecule is CCNc1cccc(Cl)c1COC. The van der Waals surface area contributed by atoms with Crippen molar-refractivity contribution in [3.8, 4) is 0 Å². The van der Waals surface area contributed by atoms with Gasteiger partial charge in [-0.25, -0.2) is 0 Å². The second-order valence-corrected chi connectivity index (χ2v) is 3.14. The monoisotopic (exact) mass is 199 g/mol. The Hall–Kier alpha value is -0.730. The minimum Gasteiger partial charge on any atom is -0.385 e. The molecule has 0 spiro atoms. The fourth-order valence-electron chi connectivity index (χ4n) is 1.21. The maximum atomic E-state index is 6.02. The minimum absolute atomic E-state index is 0.544. The van der Waals surface area contributed by atoms with E-state index in [-0.39, 0.29) is 0 Å². The van der Waals surface area contributed by atoms with Gasteiger partial charge in [0.15, 0.2) is 0 Å². The van der Waals surface area contributed by atoms with E-state index in [1.807, 2.05) is 18.2 Å². The Balaban J connectivity index is 2.95. The summed E-state index contributed by atoms with van der Waals surface area (Å²) in [5.74, 6) is 0. The maximum Gasteiger partial charge on any atom is 0.0747 e. The molecule has 1 N–H and O–H groups in total. The molecule has 0 heterocycles. The van der Waals surface area contributed by atoms with Crippen LogP contribution in [0.15, 0.2) is 18.2 Å². The number of rotatable bonds is 4. The van der Waals surface area contributed by atoms with Gasteiger partial charge in [-0.05, 0) is 19.1 Å². The molecule has 0 amide bonds. The largest absolute Gasteiger partial charge is 0.385 e. The zero-order valence-corrected chi connectivity index (χ0v) is 8.69. The predicted molar refractivity (Wildman–Crippen MR) is 56.3 cm³/mol. The number of ether oxygens (including phenoxy) is 1. The smallest absolute Gasteiger partial charge is 0.0747 e. The van der Waals surface area contributed by atoms with E-state index in [1.165, 1.54) is 0 Å². The van der Waals surface area contributed by atoms with E-state index in [0.29, 0.717) is 6.61 Å². The zero-order valence-electron chi connectivity index (χ0n) is 7.93. The van der Waals surface area contributed by atoms with Crippen LogP contribution in [0, 0.1) is 0 Å². The standard InChI is InChI=1S/C10H14ClNO/c1-3-12-10-6-4-5-9(11)8(10)7-13-2/h4-6,12H,3,7H2,1-2H3. The molecule has 0 fully saturated rings. The Bertz CT molecular complexity index is 276. The van der Waals surface area contributed by atoms with Gasteiger partial charge in [0.05, 0.1) is 6.61 Å². The lowest BCUT2D eigenvalue weighted by Crippen LogP contribution is -2.02. The first-order valence-electron chi connectivity index (χ1n) is 4.29. The van der Waals surface area contributed by atoms with Crippen LogP contribution in [0.3, 0.4) is 0 Å². The van der Waals surface area contributed by atoms with Gasteiger partial charge >= 0.3 is 0 Å². The summed E-state index contributed by atoms with van der Waals surface area (Å²) in [5, 5.41) is 3.99. The molecule has 0 bridgehead atoms. The van der Waals surface area contributed by atoms with Gasteiger partial charge in [0, 0.05) is 29.9 Å². The molecule has 0 saturated heterocycles. The average Bonchev–Trinajstić information content (AvgIpc) is 2.11. The van der Waals surface area contributed by atoms with Crippen LogP contribution in [0.25, 0.3) is 0 Å². The molecule has 1 rings (SSSR count). The first kappa shape index (κ1) is 10.4. The van der Waals surface area contributed by atoms with Crippen molar-refractivity contribution in [1.29, 1.82) is 0 Å². The van der Waals surface area contributed by atoms with Crippen LogP contribution in [0.5, 0.6) is 0 Å². The molecule has 0 aromatic heterocycles. The summed E-state index contributed by atoms with van der Waals surface area (Å²) in [4.78, 5) is 0. The number of halogens is 1. The molecule has 0 aliphatic rings. The number of hydrogen-bond acceptors (Lipinski definition) is 2. The average molecular weight is 200 g/mol. The van der Waals surface area contributed by atoms with Crippen molar-refractivity contribution >= 4 is 17.3 Å². The highest BCUT2D eigenvalue weighted by Gasteiger charge is 2.04. The van der Waals surface area contributed by atoms with E-state index < -0.39 is 0 Å². The molecular formula is C10H14ClNO. The van der Waals surface area contributed by atoms with Gasteiger partial charge < -0.3 is 10.1 Å². The lowest BCUT2D eigenvalue weighted by Gasteiger charge is -2.11. The molecule has 0 aliphatic carbocycles. The fourth-order valence-corrected chi connectivity index (χ4v) is 1.43. The molecule has 0 unspecified atom stereocenters. The van der Waals surface area contributed by atoms with Crippen molar-refractivity contribution in [2.45, 2.75) is 13.5 Å². The quantitative estimate of drug-likeness (QED) is 0.805. The third kappa shape index (κ3) is 2.61. The van der Waals surface area contributed by atoms with Gasteiger partial charge in [-0.1, -0.05) is 17.7 Å². The molecular weight excluding hydrogens is 186 g/mol. The van der Waals surface area contributed by atoms with Crippen molar-refractivity contribution in [1.82, 2.24) is 0 Å². The molecule has 1 aromatic rings. The van der Waals surface area contributed by atoms with E-state index in [9.17, 15) is 0 Å². The number of anilines is 1. The summed E-state index contributed by atoms with van der Waals surface area (Å²) in [6.45, 7) is 3.48. The Morgan fingerprint density at radius 3 is 2.85 bits per heavy atom. The molecule has 0 aliphatic heterocycles. The Morgan fingerprint density at radius 2 is 2.23 bits per heavy atom. The van der Waals surface area contributed by atoms with E-state index in [1.54, 1.807) is 7.11 Å². The van der Waals surface area contributed by atoms with E-state index in [0.717, 1.165) is 22.8 Å². The van der Waals surface area contributed by atoms with E-state index >= 15 is 0 Å². The molecule has 0 saturated carbocycles. The first-order valence-corrected chi connectivity index (χ1v) is 4.67. The van der Waals surface area contributed by atoms with Crippen molar-refractivity contribution in [2.75, 3.05) is 19.0 Å². The Kier molecular flexibility index (Phi) is 4.06. The minimum atomic E-state index is 0.544. The number of methoxy groups -OCH3 is 1. The summed E-state index contributed by atoms with van der Waals surface area (Å²) >= 11 is 6.02. The lowest BCUT2D eigenvalue weighted by atomic mass is 10.2. The van der Waals surface area contributed by atoms with Gasteiger partial charge in [-0.2, -0.15) is 0 Å². The lowest BCUT2D eigenvalue weighted by molar-refractivity contribution is 0.185. The van der Waals surface area contributed by atoms with Crippen LogP contribution in [-0.2, 0) is 11.3 Å². The number of nitrogens with one attached hydrogen (secondary N) is 1. The maximum absolute atomic E-state index is 6.02. The van der Waals surface area contributed by atoms with Crippen LogP contribution in [0.4, 0.5) is 5.69 Å². The van der Waals surface area contributed by atoms with Gasteiger partial charge in [-0.3, -0.25) is 0 Å². The van der Waals surface area contributed by atoms with Crippen molar-refractivity contribution in [3.63, 3.8) is 0 Å². The van der Waals surface area contributed by atoms with Crippen molar-refractivity contribution in [2.24, 2.45) is 0 Å². The van der Waals surface area contributed by atoms with Crippen molar-refractivity contribution < 1.29 is 4.74 Å². The van der Waals surface area contributed by atoms with Crippen LogP contribution in [-0.4, -0.2) is 13.7 Å². The number of hydrogen-bond donors (Lipinski definition) is 1. The van der Waals surface area contributed by atoms with Crippen molar-refractivity contribution in [3.05, 3.63) is 28.8 Å². The second kappa shape index (κ2) is 5.10. The van der Waals surface area contributed by atoms with Crippen LogP contribution in [0.2, 0.25) is 5.02 Å². The highest BCUT2D eigenvalue weighted by atomic mass is 35.5. The summed E-state index contributed by atoms with van der Waals surface area (Å²) in [6, 6.07) is 5.81. The van der Waals surface area contributed by atoms with Gasteiger partial charge in [0.1, 0.15) is 0 Å². The molecule has 1 aromatic carbocycles. The van der Waals surface area contributed by atoms with Gasteiger partial charge in [-0.15, -0.1) is 0 Å². The summed E-state index contributed by atoms with van der Waals surface area (Å²) in [5.41, 5.74) is 2.07. The van der Waals surface area contributed by atoms with Crippen LogP contribution in [0.1, 0.15) is 12.5 Å². The van der Waals surface area contributed by atoms with E-state index in [2.05, 4.69) is 12.2 Å². The first-order chi connectivity index (χ1) is 6.29. The summed E-state index contributed by atoms with van der Waals surface area (Å²) in [7, 11) is 1.67. The molecule has 72 valence electrons. The Morgan fingerprint density at radius 1 is 1.46 bits per heavy atom. The topological polar surface area (TPSA) is 21.3 Å². The van der Waals surface area contributed by atoms with Crippen LogP contribution >= 0.6 is 11.6 Å². The second-order valence-electron chi connectivity index (χ2n) is 2.73. The Labute approximate surface area is 83.9 Å². The highest BCUT2D eigenvalue weighted by Crippen LogP contribution is 2.24. The van der Waals surface area contributed by atoms with Gasteiger partial charge in [0.25, 0.3) is 0 Å². The molecule has 13 heavy (non-hydrogen) atoms. The highest BCUT2D eigenvalue weighted by molar-refractivity contribution is 6.31.